The van der Waals surface area contributed by atoms with Gasteiger partial charge in [-0.3, -0.25) is 0 Å². The molecule has 0 aliphatic rings. The van der Waals surface area contributed by atoms with Gasteiger partial charge < -0.3 is 9.42 Å². The van der Waals surface area contributed by atoms with E-state index < -0.39 is 0 Å². The molecule has 1 aromatic heterocycles. The molecule has 0 spiro atoms. The van der Waals surface area contributed by atoms with Crippen molar-refractivity contribution in [1.82, 2.24) is 10.1 Å². The van der Waals surface area contributed by atoms with E-state index in [2.05, 4.69) is 17.1 Å². The molecule has 102 valence electrons. The second-order valence-corrected chi connectivity index (χ2v) is 4.92. The zero-order chi connectivity index (χ0) is 13.8. The average molecular weight is 262 g/mol. The van der Waals surface area contributed by atoms with Gasteiger partial charge in [-0.15, -0.1) is 0 Å². The number of aryl methyl sites for hydroxylation is 2. The molecule has 0 radical (unpaired) electrons. The Balaban J connectivity index is 1.88. The van der Waals surface area contributed by atoms with Crippen molar-refractivity contribution in [3.63, 3.8) is 0 Å². The number of benzene rings is 1. The van der Waals surface area contributed by atoms with Crippen molar-refractivity contribution in [3.8, 4) is 0 Å². The molecule has 1 heterocycles. The lowest BCUT2D eigenvalue weighted by Crippen LogP contribution is -2.21. The fourth-order valence-electron chi connectivity index (χ4n) is 2.05. The number of aromatic nitrogens is 1. The fraction of sp³-hybridized carbons (Fsp3) is 0.400. The first-order valence-electron chi connectivity index (χ1n) is 6.41. The summed E-state index contributed by atoms with van der Waals surface area (Å²) in [5.74, 6) is 0.693. The molecule has 0 unspecified atom stereocenters. The number of halogens is 1. The van der Waals surface area contributed by atoms with Crippen molar-refractivity contribution >= 4 is 0 Å². The van der Waals surface area contributed by atoms with Crippen LogP contribution in [0.1, 0.15) is 22.6 Å². The van der Waals surface area contributed by atoms with Crippen LogP contribution in [-0.4, -0.2) is 23.6 Å². The van der Waals surface area contributed by atoms with E-state index in [-0.39, 0.29) is 5.82 Å². The molecule has 0 amide bonds. The van der Waals surface area contributed by atoms with Gasteiger partial charge in [0.05, 0.1) is 5.69 Å². The second-order valence-electron chi connectivity index (χ2n) is 4.92. The molecule has 0 aliphatic carbocycles. The van der Waals surface area contributed by atoms with Crippen LogP contribution < -0.4 is 0 Å². The summed E-state index contributed by atoms with van der Waals surface area (Å²) < 4.78 is 18.0. The highest BCUT2D eigenvalue weighted by Crippen LogP contribution is 2.14. The fourth-order valence-corrected chi connectivity index (χ4v) is 2.05. The maximum absolute atomic E-state index is 12.8. The van der Waals surface area contributed by atoms with Crippen LogP contribution >= 0.6 is 0 Å². The molecule has 0 aliphatic heterocycles. The highest BCUT2D eigenvalue weighted by molar-refractivity contribution is 5.20. The molecule has 1 aromatic carbocycles. The van der Waals surface area contributed by atoms with E-state index in [0.717, 1.165) is 42.1 Å². The summed E-state index contributed by atoms with van der Waals surface area (Å²) in [6.07, 6.45) is 0.903. The molecule has 19 heavy (non-hydrogen) atoms. The first-order valence-corrected chi connectivity index (χ1v) is 6.41. The molecule has 3 nitrogen and oxygen atoms in total. The Labute approximate surface area is 113 Å². The summed E-state index contributed by atoms with van der Waals surface area (Å²) in [6, 6.07) is 6.67. The van der Waals surface area contributed by atoms with Crippen LogP contribution in [0.25, 0.3) is 0 Å². The molecule has 2 rings (SSSR count). The van der Waals surface area contributed by atoms with Gasteiger partial charge in [-0.05, 0) is 45.0 Å². The van der Waals surface area contributed by atoms with Crippen molar-refractivity contribution in [3.05, 3.63) is 52.7 Å². The monoisotopic (exact) mass is 262 g/mol. The van der Waals surface area contributed by atoms with Crippen LogP contribution in [0.15, 0.2) is 28.8 Å². The van der Waals surface area contributed by atoms with Gasteiger partial charge in [0.2, 0.25) is 0 Å². The zero-order valence-electron chi connectivity index (χ0n) is 11.6. The Morgan fingerprint density at radius 3 is 2.47 bits per heavy atom. The van der Waals surface area contributed by atoms with Crippen LogP contribution in [0.4, 0.5) is 4.39 Å². The number of likely N-dealkylation sites (N-methyl/N-ethyl adjacent to an activating group) is 1. The molecule has 0 fully saturated rings. The van der Waals surface area contributed by atoms with Gasteiger partial charge in [-0.1, -0.05) is 17.3 Å². The quantitative estimate of drug-likeness (QED) is 0.829. The van der Waals surface area contributed by atoms with Crippen molar-refractivity contribution in [1.29, 1.82) is 0 Å². The maximum atomic E-state index is 12.8. The van der Waals surface area contributed by atoms with Crippen LogP contribution in [0.2, 0.25) is 0 Å². The van der Waals surface area contributed by atoms with Crippen LogP contribution in [0.5, 0.6) is 0 Å². The third-order valence-electron chi connectivity index (χ3n) is 3.30. The summed E-state index contributed by atoms with van der Waals surface area (Å²) in [6.45, 7) is 5.63. The predicted octanol–water partition coefficient (Wildman–Crippen LogP) is 3.11. The van der Waals surface area contributed by atoms with Crippen LogP contribution in [0.3, 0.4) is 0 Å². The minimum atomic E-state index is -0.187. The largest absolute Gasteiger partial charge is 0.361 e. The van der Waals surface area contributed by atoms with E-state index in [9.17, 15) is 4.39 Å². The second kappa shape index (κ2) is 5.97. The Kier molecular flexibility index (Phi) is 4.32. The maximum Gasteiger partial charge on any atom is 0.138 e. The molecule has 0 N–H and O–H groups in total. The summed E-state index contributed by atoms with van der Waals surface area (Å²) in [5, 5.41) is 3.95. The van der Waals surface area contributed by atoms with Crippen molar-refractivity contribution in [2.75, 3.05) is 13.6 Å². The summed E-state index contributed by atoms with van der Waals surface area (Å²) in [4.78, 5) is 2.22. The first kappa shape index (κ1) is 13.7. The number of rotatable bonds is 5. The van der Waals surface area contributed by atoms with Gasteiger partial charge in [0.25, 0.3) is 0 Å². The van der Waals surface area contributed by atoms with E-state index in [1.54, 1.807) is 0 Å². The molecule has 0 saturated heterocycles. The highest BCUT2D eigenvalue weighted by Gasteiger charge is 2.11. The van der Waals surface area contributed by atoms with Crippen LogP contribution in [0, 0.1) is 19.7 Å². The Morgan fingerprint density at radius 2 is 1.89 bits per heavy atom. The summed E-state index contributed by atoms with van der Waals surface area (Å²) >= 11 is 0. The Hall–Kier alpha value is -1.68. The molecule has 0 atom stereocenters. The molecule has 4 heteroatoms. The van der Waals surface area contributed by atoms with Gasteiger partial charge in [0, 0.05) is 18.7 Å². The first-order chi connectivity index (χ1) is 9.06. The normalized spacial score (nSPS) is 11.2. The van der Waals surface area contributed by atoms with Gasteiger partial charge in [0.1, 0.15) is 11.6 Å². The van der Waals surface area contributed by atoms with Crippen LogP contribution in [-0.2, 0) is 13.0 Å². The van der Waals surface area contributed by atoms with E-state index in [1.807, 2.05) is 26.0 Å². The summed E-state index contributed by atoms with van der Waals surface area (Å²) in [5.41, 5.74) is 3.25. The molecular weight excluding hydrogens is 243 g/mol. The SMILES string of the molecule is Cc1noc(C)c1CN(C)CCc1ccc(F)cc1. The van der Waals surface area contributed by atoms with Gasteiger partial charge in [-0.25, -0.2) is 4.39 Å². The van der Waals surface area contributed by atoms with Crippen molar-refractivity contribution < 1.29 is 8.91 Å². The van der Waals surface area contributed by atoms with Crippen molar-refractivity contribution in [2.45, 2.75) is 26.8 Å². The van der Waals surface area contributed by atoms with Gasteiger partial charge in [-0.2, -0.15) is 0 Å². The predicted molar refractivity (Wildman–Crippen MR) is 72.4 cm³/mol. The van der Waals surface area contributed by atoms with E-state index in [0.29, 0.717) is 0 Å². The van der Waals surface area contributed by atoms with Gasteiger partial charge in [0.15, 0.2) is 0 Å². The number of nitrogens with zero attached hydrogens (tertiary/aromatic N) is 2. The lowest BCUT2D eigenvalue weighted by Gasteiger charge is -2.16. The minimum absolute atomic E-state index is 0.187. The minimum Gasteiger partial charge on any atom is -0.361 e. The standard InChI is InChI=1S/C15H19FN2O/c1-11-15(12(2)19-17-11)10-18(3)9-8-13-4-6-14(16)7-5-13/h4-7H,8-10H2,1-3H3. The van der Waals surface area contributed by atoms with E-state index in [4.69, 9.17) is 4.52 Å². The Morgan fingerprint density at radius 1 is 1.21 bits per heavy atom. The number of hydrogen-bond acceptors (Lipinski definition) is 3. The third-order valence-corrected chi connectivity index (χ3v) is 3.30. The molecule has 0 saturated carbocycles. The third kappa shape index (κ3) is 3.64. The molecule has 2 aromatic rings. The topological polar surface area (TPSA) is 29.3 Å². The molecule has 0 bridgehead atoms. The Bertz CT molecular complexity index is 514. The van der Waals surface area contributed by atoms with E-state index in [1.165, 1.54) is 12.1 Å². The van der Waals surface area contributed by atoms with E-state index >= 15 is 0 Å². The van der Waals surface area contributed by atoms with Crippen molar-refractivity contribution in [2.24, 2.45) is 0 Å². The smallest absolute Gasteiger partial charge is 0.138 e. The summed E-state index contributed by atoms with van der Waals surface area (Å²) in [7, 11) is 2.06. The van der Waals surface area contributed by atoms with Gasteiger partial charge >= 0.3 is 0 Å². The molecular formula is C15H19FN2O. The number of hydrogen-bond donors (Lipinski definition) is 0. The lowest BCUT2D eigenvalue weighted by atomic mass is 10.1. The lowest BCUT2D eigenvalue weighted by molar-refractivity contribution is 0.326. The average Bonchev–Trinajstić information content (AvgIpc) is 2.70. The highest BCUT2D eigenvalue weighted by atomic mass is 19.1. The zero-order valence-corrected chi connectivity index (χ0v) is 11.6.